The Morgan fingerprint density at radius 3 is 2.77 bits per heavy atom. The lowest BCUT2D eigenvalue weighted by molar-refractivity contribution is 0.0612. The van der Waals surface area contributed by atoms with E-state index in [0.29, 0.717) is 22.8 Å². The molecule has 2 N–H and O–H groups in total. The second kappa shape index (κ2) is 9.24. The fourth-order valence-electron chi connectivity index (χ4n) is 4.55. The van der Waals surface area contributed by atoms with Crippen molar-refractivity contribution >= 4 is 16.9 Å². The number of imidazole rings is 1. The van der Waals surface area contributed by atoms with Gasteiger partial charge in [-0.05, 0) is 62.4 Å². The van der Waals surface area contributed by atoms with Gasteiger partial charge in [0.1, 0.15) is 0 Å². The van der Waals surface area contributed by atoms with E-state index in [-0.39, 0.29) is 6.54 Å². The number of fused-ring (bicyclic) bond motifs is 1. The molecule has 1 aromatic carbocycles. The van der Waals surface area contributed by atoms with Crippen LogP contribution in [0.15, 0.2) is 53.9 Å². The Bertz CT molecular complexity index is 1430. The second-order valence-electron chi connectivity index (χ2n) is 9.76. The summed E-state index contributed by atoms with van der Waals surface area (Å²) in [5.74, 6) is 0.0576. The van der Waals surface area contributed by atoms with Crippen LogP contribution in [0.5, 0.6) is 0 Å². The maximum absolute atomic E-state index is 13.2. The first kappa shape index (κ1) is 23.2. The number of aryl methyl sites for hydroxylation is 1. The van der Waals surface area contributed by atoms with Gasteiger partial charge in [-0.15, -0.1) is 0 Å². The number of ether oxygens (including phenoxy) is 1. The van der Waals surface area contributed by atoms with Gasteiger partial charge in [-0.3, -0.25) is 14.5 Å². The number of nitrogens with zero attached hydrogens (tertiary/aromatic N) is 5. The number of hydrogen-bond donors (Lipinski definition) is 2. The molecule has 3 aromatic heterocycles. The van der Waals surface area contributed by atoms with Crippen LogP contribution in [0.25, 0.3) is 22.3 Å². The maximum atomic E-state index is 13.2. The number of nitrogens with one attached hydrogen (secondary N) is 1. The third-order valence-corrected chi connectivity index (χ3v) is 6.27. The number of carbonyl (C=O) groups is 1. The Hall–Kier alpha value is -3.56. The highest BCUT2D eigenvalue weighted by Crippen LogP contribution is 2.29. The SMILES string of the molecule is Cn1cc(-c2cc(C(=O)/N=c3\[nH]c4cc(C5CCOCC5)ccc4n3CC(C)(C)O)ccn2)cn1. The van der Waals surface area contributed by atoms with Gasteiger partial charge in [-0.25, -0.2) is 0 Å². The third kappa shape index (κ3) is 5.11. The number of pyridine rings is 1. The van der Waals surface area contributed by atoms with E-state index < -0.39 is 11.5 Å². The van der Waals surface area contributed by atoms with Crippen LogP contribution in [0, 0.1) is 0 Å². The Morgan fingerprint density at radius 1 is 1.26 bits per heavy atom. The predicted octanol–water partition coefficient (Wildman–Crippen LogP) is 3.17. The summed E-state index contributed by atoms with van der Waals surface area (Å²) in [7, 11) is 1.83. The molecule has 0 spiro atoms. The molecule has 4 heterocycles. The fourth-order valence-corrected chi connectivity index (χ4v) is 4.55. The van der Waals surface area contributed by atoms with Crippen molar-refractivity contribution in [1.29, 1.82) is 0 Å². The molecule has 5 rings (SSSR count). The van der Waals surface area contributed by atoms with Crippen LogP contribution in [-0.4, -0.2) is 54.1 Å². The minimum atomic E-state index is -0.989. The standard InChI is InChI=1S/C26H30N6O3/c1-26(2,34)16-32-23-5-4-18(17-7-10-35-11-8-17)12-22(23)29-25(32)30-24(33)19-6-9-27-21(13-19)20-14-28-31(3)15-20/h4-6,9,12-15,17,34H,7-8,10-11,16H2,1-3H3,(H,29,30,33). The van der Waals surface area contributed by atoms with Crippen LogP contribution in [0.2, 0.25) is 0 Å². The molecule has 9 heteroatoms. The van der Waals surface area contributed by atoms with Crippen LogP contribution < -0.4 is 5.62 Å². The van der Waals surface area contributed by atoms with Gasteiger partial charge in [0.05, 0.1) is 35.1 Å². The van der Waals surface area contributed by atoms with Crippen LogP contribution >= 0.6 is 0 Å². The quantitative estimate of drug-likeness (QED) is 0.462. The van der Waals surface area contributed by atoms with Gasteiger partial charge in [0, 0.05) is 43.8 Å². The first-order valence-electron chi connectivity index (χ1n) is 11.8. The fraction of sp³-hybridized carbons (Fsp3) is 0.385. The summed E-state index contributed by atoms with van der Waals surface area (Å²) in [6, 6.07) is 9.66. The molecule has 0 unspecified atom stereocenters. The number of benzene rings is 1. The van der Waals surface area contributed by atoms with Crippen molar-refractivity contribution in [2.45, 2.75) is 44.8 Å². The number of hydrogen-bond acceptors (Lipinski definition) is 5. The normalized spacial score (nSPS) is 15.7. The van der Waals surface area contributed by atoms with E-state index in [2.05, 4.69) is 32.2 Å². The summed E-state index contributed by atoms with van der Waals surface area (Å²) in [5.41, 5.74) is 4.33. The van der Waals surface area contributed by atoms with E-state index in [9.17, 15) is 9.90 Å². The molecule has 182 valence electrons. The average molecular weight is 475 g/mol. The molecule has 0 bridgehead atoms. The summed E-state index contributed by atoms with van der Waals surface area (Å²) in [6.45, 7) is 5.31. The van der Waals surface area contributed by atoms with Crippen molar-refractivity contribution in [3.63, 3.8) is 0 Å². The lowest BCUT2D eigenvalue weighted by Crippen LogP contribution is -2.32. The van der Waals surface area contributed by atoms with Gasteiger partial charge < -0.3 is 19.4 Å². The molecule has 1 amide bonds. The molecular weight excluding hydrogens is 444 g/mol. The van der Waals surface area contributed by atoms with Crippen LogP contribution in [-0.2, 0) is 18.3 Å². The van der Waals surface area contributed by atoms with E-state index >= 15 is 0 Å². The summed E-state index contributed by atoms with van der Waals surface area (Å²) < 4.78 is 9.06. The molecule has 1 aliphatic heterocycles. The zero-order valence-corrected chi connectivity index (χ0v) is 20.2. The third-order valence-electron chi connectivity index (χ3n) is 6.27. The van der Waals surface area contributed by atoms with Crippen LogP contribution in [0.1, 0.15) is 48.5 Å². The monoisotopic (exact) mass is 474 g/mol. The van der Waals surface area contributed by atoms with Gasteiger partial charge >= 0.3 is 0 Å². The molecule has 0 atom stereocenters. The highest BCUT2D eigenvalue weighted by Gasteiger charge is 2.20. The second-order valence-corrected chi connectivity index (χ2v) is 9.76. The maximum Gasteiger partial charge on any atom is 0.280 e. The van der Waals surface area contributed by atoms with Crippen LogP contribution in [0.3, 0.4) is 0 Å². The van der Waals surface area contributed by atoms with E-state index in [1.165, 1.54) is 5.56 Å². The molecular formula is C26H30N6O3. The number of amides is 1. The molecule has 4 aromatic rings. The lowest BCUT2D eigenvalue weighted by Gasteiger charge is -2.22. The van der Waals surface area contributed by atoms with Gasteiger partial charge in [0.15, 0.2) is 0 Å². The first-order valence-corrected chi connectivity index (χ1v) is 11.8. The number of aliphatic hydroxyl groups is 1. The molecule has 1 aliphatic rings. The summed E-state index contributed by atoms with van der Waals surface area (Å²) in [4.78, 5) is 25.3. The van der Waals surface area contributed by atoms with Crippen molar-refractivity contribution in [2.75, 3.05) is 13.2 Å². The lowest BCUT2D eigenvalue weighted by atomic mass is 9.91. The smallest absolute Gasteiger partial charge is 0.280 e. The molecule has 0 saturated carbocycles. The Balaban J connectivity index is 1.55. The molecule has 35 heavy (non-hydrogen) atoms. The molecule has 0 aliphatic carbocycles. The average Bonchev–Trinajstić information content (AvgIpc) is 3.42. The minimum Gasteiger partial charge on any atom is -0.389 e. The zero-order valence-electron chi connectivity index (χ0n) is 20.2. The van der Waals surface area contributed by atoms with Crippen molar-refractivity contribution < 1.29 is 14.6 Å². The van der Waals surface area contributed by atoms with Crippen molar-refractivity contribution in [2.24, 2.45) is 12.0 Å². The van der Waals surface area contributed by atoms with E-state index in [1.807, 2.05) is 23.9 Å². The van der Waals surface area contributed by atoms with Crippen molar-refractivity contribution in [3.05, 3.63) is 65.7 Å². The van der Waals surface area contributed by atoms with Crippen LogP contribution in [0.4, 0.5) is 0 Å². The van der Waals surface area contributed by atoms with E-state index in [4.69, 9.17) is 4.74 Å². The van der Waals surface area contributed by atoms with Gasteiger partial charge in [0.25, 0.3) is 5.91 Å². The summed E-state index contributed by atoms with van der Waals surface area (Å²) in [6.07, 6.45) is 7.14. The highest BCUT2D eigenvalue weighted by atomic mass is 16.5. The Morgan fingerprint density at radius 2 is 2.06 bits per heavy atom. The molecule has 0 radical (unpaired) electrons. The number of aromatic nitrogens is 5. The molecule has 1 saturated heterocycles. The highest BCUT2D eigenvalue weighted by molar-refractivity contribution is 5.95. The number of carbonyl (C=O) groups excluding carboxylic acids is 1. The molecule has 9 nitrogen and oxygen atoms in total. The topological polar surface area (TPSA) is 110 Å². The zero-order chi connectivity index (χ0) is 24.6. The predicted molar refractivity (Wildman–Crippen MR) is 132 cm³/mol. The van der Waals surface area contributed by atoms with E-state index in [0.717, 1.165) is 42.7 Å². The Labute approximate surface area is 203 Å². The van der Waals surface area contributed by atoms with E-state index in [1.54, 1.807) is 43.1 Å². The minimum absolute atomic E-state index is 0.285. The first-order chi connectivity index (χ1) is 16.8. The van der Waals surface area contributed by atoms with Crippen molar-refractivity contribution in [1.82, 2.24) is 24.3 Å². The van der Waals surface area contributed by atoms with Gasteiger partial charge in [-0.2, -0.15) is 10.1 Å². The summed E-state index contributed by atoms with van der Waals surface area (Å²) in [5, 5.41) is 14.7. The molecule has 1 fully saturated rings. The van der Waals surface area contributed by atoms with Gasteiger partial charge in [0.2, 0.25) is 5.62 Å². The number of aromatic amines is 1. The van der Waals surface area contributed by atoms with Crippen molar-refractivity contribution in [3.8, 4) is 11.3 Å². The Kier molecular flexibility index (Phi) is 6.12. The van der Waals surface area contributed by atoms with Gasteiger partial charge in [-0.1, -0.05) is 6.07 Å². The largest absolute Gasteiger partial charge is 0.389 e. The number of H-pyrrole nitrogens is 1. The number of rotatable bonds is 5. The summed E-state index contributed by atoms with van der Waals surface area (Å²) >= 11 is 0.